The Morgan fingerprint density at radius 2 is 2.40 bits per heavy atom. The van der Waals surface area contributed by atoms with Crippen molar-refractivity contribution in [2.75, 3.05) is 18.5 Å². The minimum absolute atomic E-state index is 0.182. The number of hydrogen-bond donors (Lipinski definition) is 1. The van der Waals surface area contributed by atoms with Crippen LogP contribution in [0.3, 0.4) is 0 Å². The molecule has 1 aliphatic rings. The lowest BCUT2D eigenvalue weighted by atomic mass is 9.87. The highest BCUT2D eigenvalue weighted by Gasteiger charge is 2.46. The van der Waals surface area contributed by atoms with E-state index >= 15 is 0 Å². The summed E-state index contributed by atoms with van der Waals surface area (Å²) in [7, 11) is 0. The van der Waals surface area contributed by atoms with Gasteiger partial charge in [-0.1, -0.05) is 0 Å². The van der Waals surface area contributed by atoms with Crippen molar-refractivity contribution in [3.8, 4) is 6.07 Å². The van der Waals surface area contributed by atoms with Gasteiger partial charge in [-0.25, -0.2) is 0 Å². The fourth-order valence-electron chi connectivity index (χ4n) is 1.17. The Labute approximate surface area is 99.0 Å². The van der Waals surface area contributed by atoms with Gasteiger partial charge in [-0.15, -0.1) is 11.3 Å². The number of nitriles is 1. The van der Waals surface area contributed by atoms with Crippen molar-refractivity contribution in [1.29, 1.82) is 5.26 Å². The molecular formula is C9H7BrN2O2S. The van der Waals surface area contributed by atoms with E-state index in [0.29, 0.717) is 0 Å². The van der Waals surface area contributed by atoms with Gasteiger partial charge in [0.2, 0.25) is 5.91 Å². The van der Waals surface area contributed by atoms with Crippen molar-refractivity contribution in [2.45, 2.75) is 0 Å². The molecule has 0 aromatic carbocycles. The molecule has 1 fully saturated rings. The summed E-state index contributed by atoms with van der Waals surface area (Å²) in [6.45, 7) is 0.365. The van der Waals surface area contributed by atoms with Gasteiger partial charge in [-0.3, -0.25) is 4.79 Å². The van der Waals surface area contributed by atoms with Crippen LogP contribution in [0.2, 0.25) is 0 Å². The van der Waals surface area contributed by atoms with Gasteiger partial charge in [0.25, 0.3) is 0 Å². The maximum Gasteiger partial charge on any atom is 0.250 e. The quantitative estimate of drug-likeness (QED) is 0.904. The van der Waals surface area contributed by atoms with Crippen LogP contribution < -0.4 is 5.32 Å². The van der Waals surface area contributed by atoms with Gasteiger partial charge in [0.1, 0.15) is 0 Å². The third-order valence-corrected chi connectivity index (χ3v) is 3.69. The number of rotatable bonds is 2. The molecule has 1 amide bonds. The molecule has 1 aromatic rings. The summed E-state index contributed by atoms with van der Waals surface area (Å²) in [5.41, 5.74) is -0.990. The molecule has 0 spiro atoms. The van der Waals surface area contributed by atoms with E-state index in [1.54, 1.807) is 6.07 Å². The first-order valence-corrected chi connectivity index (χ1v) is 5.83. The van der Waals surface area contributed by atoms with Crippen molar-refractivity contribution in [2.24, 2.45) is 5.41 Å². The SMILES string of the molecule is N#CC1(C(=O)Nc2ccc(Br)s2)COC1. The Hall–Kier alpha value is -0.900. The van der Waals surface area contributed by atoms with Gasteiger partial charge in [0.05, 0.1) is 28.1 Å². The highest BCUT2D eigenvalue weighted by atomic mass is 79.9. The minimum Gasteiger partial charge on any atom is -0.377 e. The maximum atomic E-state index is 11.7. The molecular weight excluding hydrogens is 280 g/mol. The smallest absolute Gasteiger partial charge is 0.250 e. The summed E-state index contributed by atoms with van der Waals surface area (Å²) >= 11 is 4.71. The van der Waals surface area contributed by atoms with E-state index in [9.17, 15) is 4.79 Å². The first kappa shape index (κ1) is 10.6. The van der Waals surface area contributed by atoms with E-state index in [-0.39, 0.29) is 19.1 Å². The lowest BCUT2D eigenvalue weighted by Crippen LogP contribution is -2.50. The van der Waals surface area contributed by atoms with Crippen LogP contribution >= 0.6 is 27.3 Å². The summed E-state index contributed by atoms with van der Waals surface area (Å²) in [5, 5.41) is 12.3. The summed E-state index contributed by atoms with van der Waals surface area (Å²) in [6.07, 6.45) is 0. The van der Waals surface area contributed by atoms with Crippen LogP contribution in [0.4, 0.5) is 5.00 Å². The predicted octanol–water partition coefficient (Wildman–Crippen LogP) is 1.99. The summed E-state index contributed by atoms with van der Waals surface area (Å²) in [6, 6.07) is 5.63. The number of ether oxygens (including phenoxy) is 1. The van der Waals surface area contributed by atoms with Gasteiger partial charge >= 0.3 is 0 Å². The molecule has 0 atom stereocenters. The summed E-state index contributed by atoms with van der Waals surface area (Å²) in [4.78, 5) is 11.7. The van der Waals surface area contributed by atoms with Crippen LogP contribution in [0.1, 0.15) is 0 Å². The number of nitrogens with zero attached hydrogens (tertiary/aromatic N) is 1. The zero-order valence-electron chi connectivity index (χ0n) is 7.62. The summed E-state index contributed by atoms with van der Waals surface area (Å²) in [5.74, 6) is -0.286. The second-order valence-electron chi connectivity index (χ2n) is 3.24. The number of anilines is 1. The fourth-order valence-corrected chi connectivity index (χ4v) is 2.45. The molecule has 1 saturated heterocycles. The minimum atomic E-state index is -0.990. The first-order valence-electron chi connectivity index (χ1n) is 4.22. The van der Waals surface area contributed by atoms with Crippen molar-refractivity contribution in [3.63, 3.8) is 0 Å². The Balaban J connectivity index is 2.07. The van der Waals surface area contributed by atoms with Crippen LogP contribution in [0.15, 0.2) is 15.9 Å². The molecule has 0 saturated carbocycles. The lowest BCUT2D eigenvalue weighted by Gasteiger charge is -2.32. The Kier molecular flexibility index (Phi) is 2.78. The highest BCUT2D eigenvalue weighted by Crippen LogP contribution is 2.31. The first-order chi connectivity index (χ1) is 7.16. The summed E-state index contributed by atoms with van der Waals surface area (Å²) < 4.78 is 5.84. The van der Waals surface area contributed by atoms with Crippen molar-refractivity contribution < 1.29 is 9.53 Å². The molecule has 15 heavy (non-hydrogen) atoms. The Morgan fingerprint density at radius 3 is 2.80 bits per heavy atom. The molecule has 0 unspecified atom stereocenters. The molecule has 1 aliphatic heterocycles. The van der Waals surface area contributed by atoms with Gasteiger partial charge < -0.3 is 10.1 Å². The number of hydrogen-bond acceptors (Lipinski definition) is 4. The van der Waals surface area contributed by atoms with Crippen LogP contribution in [-0.4, -0.2) is 19.1 Å². The number of amides is 1. The van der Waals surface area contributed by atoms with Crippen molar-refractivity contribution >= 4 is 38.2 Å². The monoisotopic (exact) mass is 286 g/mol. The van der Waals surface area contributed by atoms with Crippen molar-refractivity contribution in [3.05, 3.63) is 15.9 Å². The normalized spacial score (nSPS) is 17.6. The number of nitrogens with one attached hydrogen (secondary N) is 1. The highest BCUT2D eigenvalue weighted by molar-refractivity contribution is 9.11. The van der Waals surface area contributed by atoms with Crippen molar-refractivity contribution in [1.82, 2.24) is 0 Å². The largest absolute Gasteiger partial charge is 0.377 e. The number of carbonyl (C=O) groups is 1. The lowest BCUT2D eigenvalue weighted by molar-refractivity contribution is -0.144. The second-order valence-corrected chi connectivity index (χ2v) is 5.71. The zero-order valence-corrected chi connectivity index (χ0v) is 10.0. The molecule has 1 aromatic heterocycles. The molecule has 4 nitrogen and oxygen atoms in total. The van der Waals surface area contributed by atoms with E-state index in [4.69, 9.17) is 10.00 Å². The average Bonchev–Trinajstić information content (AvgIpc) is 2.50. The van der Waals surface area contributed by atoms with E-state index in [1.165, 1.54) is 11.3 Å². The van der Waals surface area contributed by atoms with Gasteiger partial charge in [-0.05, 0) is 28.1 Å². The van der Waals surface area contributed by atoms with Gasteiger partial charge in [0.15, 0.2) is 5.41 Å². The number of thiophene rings is 1. The standard InChI is InChI=1S/C9H7BrN2O2S/c10-6-1-2-7(15-6)12-8(13)9(3-11)4-14-5-9/h1-2H,4-5H2,(H,12,13). The van der Waals surface area contributed by atoms with Crippen LogP contribution in [0.5, 0.6) is 0 Å². The molecule has 0 radical (unpaired) electrons. The predicted molar refractivity (Wildman–Crippen MR) is 59.5 cm³/mol. The Bertz CT molecular complexity index is 434. The van der Waals surface area contributed by atoms with E-state index in [0.717, 1.165) is 8.79 Å². The number of carbonyl (C=O) groups excluding carboxylic acids is 1. The molecule has 2 rings (SSSR count). The van der Waals surface area contributed by atoms with Crippen LogP contribution in [0, 0.1) is 16.7 Å². The third-order valence-electron chi connectivity index (χ3n) is 2.16. The van der Waals surface area contributed by atoms with Gasteiger partial charge in [-0.2, -0.15) is 5.26 Å². The molecule has 6 heteroatoms. The molecule has 78 valence electrons. The van der Waals surface area contributed by atoms with E-state index in [1.807, 2.05) is 12.1 Å². The molecule has 0 bridgehead atoms. The molecule has 2 heterocycles. The van der Waals surface area contributed by atoms with Crippen LogP contribution in [-0.2, 0) is 9.53 Å². The van der Waals surface area contributed by atoms with E-state index < -0.39 is 5.41 Å². The Morgan fingerprint density at radius 1 is 1.67 bits per heavy atom. The average molecular weight is 287 g/mol. The molecule has 1 N–H and O–H groups in total. The maximum absolute atomic E-state index is 11.7. The van der Waals surface area contributed by atoms with Crippen LogP contribution in [0.25, 0.3) is 0 Å². The molecule has 0 aliphatic carbocycles. The number of halogens is 1. The second kappa shape index (κ2) is 3.93. The third kappa shape index (κ3) is 1.91. The van der Waals surface area contributed by atoms with E-state index in [2.05, 4.69) is 21.2 Å². The fraction of sp³-hybridized carbons (Fsp3) is 0.333. The van der Waals surface area contributed by atoms with Gasteiger partial charge in [0, 0.05) is 0 Å². The zero-order chi connectivity index (χ0) is 10.9. The topological polar surface area (TPSA) is 62.1 Å².